The normalized spacial score (nSPS) is 18.9. The second kappa shape index (κ2) is 5.91. The smallest absolute Gasteiger partial charge is 0.231 e. The SMILES string of the molecule is OC1=C2C(=Nc3ccccc3SC2c2ccc3c(c2)OCO3)c2ccccc21. The third-order valence-corrected chi connectivity index (χ3v) is 6.59. The van der Waals surface area contributed by atoms with E-state index in [0.29, 0.717) is 5.76 Å². The molecule has 0 saturated carbocycles. The molecule has 3 aliphatic rings. The summed E-state index contributed by atoms with van der Waals surface area (Å²) in [4.78, 5) is 6.05. The summed E-state index contributed by atoms with van der Waals surface area (Å²) in [6.45, 7) is 0.242. The van der Waals surface area contributed by atoms with Gasteiger partial charge in [-0.3, -0.25) is 0 Å². The maximum atomic E-state index is 11.1. The number of thioether (sulfide) groups is 1. The Morgan fingerprint density at radius 2 is 1.68 bits per heavy atom. The number of aliphatic imine (C=N–C) groups is 1. The van der Waals surface area contributed by atoms with Gasteiger partial charge in [0.15, 0.2) is 11.5 Å². The highest BCUT2D eigenvalue weighted by Crippen LogP contribution is 2.53. The molecule has 4 nitrogen and oxygen atoms in total. The number of benzene rings is 3. The molecule has 1 atom stereocenters. The number of aliphatic hydroxyl groups is 1. The van der Waals surface area contributed by atoms with Gasteiger partial charge in [-0.2, -0.15) is 0 Å². The highest BCUT2D eigenvalue weighted by molar-refractivity contribution is 8.00. The van der Waals surface area contributed by atoms with Crippen LogP contribution in [-0.4, -0.2) is 17.6 Å². The molecule has 3 aromatic rings. The van der Waals surface area contributed by atoms with Crippen molar-refractivity contribution in [3.63, 3.8) is 0 Å². The van der Waals surface area contributed by atoms with E-state index in [1.54, 1.807) is 11.8 Å². The number of aliphatic hydroxyl groups excluding tert-OH is 1. The van der Waals surface area contributed by atoms with E-state index in [-0.39, 0.29) is 12.0 Å². The fraction of sp³-hybridized carbons (Fsp3) is 0.0870. The number of rotatable bonds is 1. The van der Waals surface area contributed by atoms with Gasteiger partial charge in [0.25, 0.3) is 0 Å². The average Bonchev–Trinajstić information content (AvgIpc) is 3.25. The third kappa shape index (κ3) is 2.23. The Balaban J connectivity index is 1.60. The van der Waals surface area contributed by atoms with Crippen molar-refractivity contribution in [2.24, 2.45) is 4.99 Å². The van der Waals surface area contributed by atoms with Gasteiger partial charge in [-0.1, -0.05) is 42.5 Å². The molecular formula is C23H15NO3S. The van der Waals surface area contributed by atoms with Gasteiger partial charge in [0.05, 0.1) is 16.6 Å². The first kappa shape index (κ1) is 15.8. The van der Waals surface area contributed by atoms with E-state index in [2.05, 4.69) is 6.07 Å². The lowest BCUT2D eigenvalue weighted by Gasteiger charge is -2.18. The maximum absolute atomic E-state index is 11.1. The minimum atomic E-state index is -0.107. The number of nitrogens with zero attached hydrogens (tertiary/aromatic N) is 1. The Morgan fingerprint density at radius 3 is 2.61 bits per heavy atom. The molecule has 1 unspecified atom stereocenters. The topological polar surface area (TPSA) is 51.1 Å². The van der Waals surface area contributed by atoms with Crippen LogP contribution in [0.2, 0.25) is 0 Å². The van der Waals surface area contributed by atoms with Crippen LogP contribution in [0.1, 0.15) is 21.9 Å². The minimum absolute atomic E-state index is 0.107. The molecule has 0 radical (unpaired) electrons. The van der Waals surface area contributed by atoms with Crippen molar-refractivity contribution in [2.75, 3.05) is 6.79 Å². The fourth-order valence-electron chi connectivity index (χ4n) is 3.93. The van der Waals surface area contributed by atoms with Crippen molar-refractivity contribution in [3.8, 4) is 11.5 Å². The van der Waals surface area contributed by atoms with Crippen LogP contribution in [-0.2, 0) is 0 Å². The highest BCUT2D eigenvalue weighted by atomic mass is 32.2. The molecule has 0 aromatic heterocycles. The first-order valence-electron chi connectivity index (χ1n) is 9.07. The Hall–Kier alpha value is -3.18. The van der Waals surface area contributed by atoms with Gasteiger partial charge in [-0.05, 0) is 29.8 Å². The quantitative estimate of drug-likeness (QED) is 0.587. The van der Waals surface area contributed by atoms with Gasteiger partial charge in [-0.25, -0.2) is 4.99 Å². The third-order valence-electron chi connectivity index (χ3n) is 5.25. The summed E-state index contributed by atoms with van der Waals surface area (Å²) in [5, 5.41) is 11.0. The maximum Gasteiger partial charge on any atom is 0.231 e. The van der Waals surface area contributed by atoms with E-state index in [1.165, 1.54) is 0 Å². The van der Waals surface area contributed by atoms with E-state index in [1.807, 2.05) is 60.7 Å². The summed E-state index contributed by atoms with van der Waals surface area (Å²) in [7, 11) is 0. The molecule has 0 fully saturated rings. The van der Waals surface area contributed by atoms with Gasteiger partial charge in [-0.15, -0.1) is 11.8 Å². The average molecular weight is 385 g/mol. The zero-order valence-corrected chi connectivity index (χ0v) is 15.6. The molecule has 1 N–H and O–H groups in total. The van der Waals surface area contributed by atoms with Crippen LogP contribution in [0.5, 0.6) is 11.5 Å². The molecule has 0 saturated heterocycles. The lowest BCUT2D eigenvalue weighted by Crippen LogP contribution is -2.07. The predicted octanol–water partition coefficient (Wildman–Crippen LogP) is 5.67. The van der Waals surface area contributed by atoms with Crippen molar-refractivity contribution in [2.45, 2.75) is 10.1 Å². The monoisotopic (exact) mass is 385 g/mol. The van der Waals surface area contributed by atoms with Crippen LogP contribution in [0.15, 0.2) is 82.2 Å². The van der Waals surface area contributed by atoms with Crippen LogP contribution in [0.3, 0.4) is 0 Å². The molecule has 3 aromatic carbocycles. The molecule has 136 valence electrons. The van der Waals surface area contributed by atoms with Crippen molar-refractivity contribution in [1.82, 2.24) is 0 Å². The minimum Gasteiger partial charge on any atom is -0.507 e. The molecule has 2 aliphatic heterocycles. The van der Waals surface area contributed by atoms with Crippen LogP contribution in [0.25, 0.3) is 5.76 Å². The predicted molar refractivity (Wildman–Crippen MR) is 110 cm³/mol. The zero-order chi connectivity index (χ0) is 18.7. The van der Waals surface area contributed by atoms with E-state index in [9.17, 15) is 5.11 Å². The summed E-state index contributed by atoms with van der Waals surface area (Å²) in [5.41, 5.74) is 5.47. The molecule has 6 rings (SSSR count). The number of ether oxygens (including phenoxy) is 2. The fourth-order valence-corrected chi connectivity index (χ4v) is 5.20. The molecule has 28 heavy (non-hydrogen) atoms. The number of fused-ring (bicyclic) bond motifs is 5. The first-order valence-corrected chi connectivity index (χ1v) is 9.95. The van der Waals surface area contributed by atoms with Crippen molar-refractivity contribution in [3.05, 3.63) is 89.0 Å². The van der Waals surface area contributed by atoms with Gasteiger partial charge in [0.1, 0.15) is 5.76 Å². The van der Waals surface area contributed by atoms with Crippen LogP contribution >= 0.6 is 11.8 Å². The molecule has 1 aliphatic carbocycles. The number of hydrogen-bond acceptors (Lipinski definition) is 5. The van der Waals surface area contributed by atoms with E-state index in [4.69, 9.17) is 14.5 Å². The van der Waals surface area contributed by atoms with E-state index >= 15 is 0 Å². The summed E-state index contributed by atoms with van der Waals surface area (Å²) >= 11 is 1.70. The molecule has 2 heterocycles. The lowest BCUT2D eigenvalue weighted by molar-refractivity contribution is 0.174. The largest absolute Gasteiger partial charge is 0.507 e. The van der Waals surface area contributed by atoms with Crippen molar-refractivity contribution in [1.29, 1.82) is 0 Å². The first-order chi connectivity index (χ1) is 13.8. The summed E-state index contributed by atoms with van der Waals surface area (Å²) < 4.78 is 11.1. The summed E-state index contributed by atoms with van der Waals surface area (Å²) in [6.07, 6.45) is 0. The van der Waals surface area contributed by atoms with Gasteiger partial charge >= 0.3 is 0 Å². The molecular weight excluding hydrogens is 370 g/mol. The lowest BCUT2D eigenvalue weighted by atomic mass is 9.99. The molecule has 0 bridgehead atoms. The number of para-hydroxylation sites is 1. The molecule has 5 heteroatoms. The van der Waals surface area contributed by atoms with Gasteiger partial charge in [0, 0.05) is 21.6 Å². The van der Waals surface area contributed by atoms with Crippen molar-refractivity contribution >= 4 is 28.9 Å². The highest BCUT2D eigenvalue weighted by Gasteiger charge is 2.37. The van der Waals surface area contributed by atoms with E-state index < -0.39 is 0 Å². The second-order valence-electron chi connectivity index (χ2n) is 6.85. The van der Waals surface area contributed by atoms with Gasteiger partial charge < -0.3 is 14.6 Å². The molecule has 0 amide bonds. The summed E-state index contributed by atoms with van der Waals surface area (Å²) in [5.74, 6) is 1.80. The van der Waals surface area contributed by atoms with Gasteiger partial charge in [0.2, 0.25) is 6.79 Å². The number of hydrogen-bond donors (Lipinski definition) is 1. The Labute approximate surface area is 166 Å². The second-order valence-corrected chi connectivity index (χ2v) is 7.99. The summed E-state index contributed by atoms with van der Waals surface area (Å²) in [6, 6.07) is 22.0. The Kier molecular flexibility index (Phi) is 3.34. The van der Waals surface area contributed by atoms with E-state index in [0.717, 1.165) is 50.1 Å². The van der Waals surface area contributed by atoms with Crippen LogP contribution < -0.4 is 9.47 Å². The molecule has 0 spiro atoms. The Morgan fingerprint density at radius 1 is 0.893 bits per heavy atom. The zero-order valence-electron chi connectivity index (χ0n) is 14.8. The van der Waals surface area contributed by atoms with Crippen molar-refractivity contribution < 1.29 is 14.6 Å². The standard InChI is InChI=1S/C23H15NO3S/c25-22-15-6-2-1-5-14(15)21-20(22)23(28-19-8-4-3-7-16(19)24-21)13-9-10-17-18(11-13)27-12-26-17/h1-11,23,25H,12H2. The Bertz CT molecular complexity index is 1200. The van der Waals surface area contributed by atoms with Crippen LogP contribution in [0, 0.1) is 0 Å². The van der Waals surface area contributed by atoms with Crippen LogP contribution in [0.4, 0.5) is 5.69 Å².